The minimum atomic E-state index is -0.684. The number of hydrogen-bond donors (Lipinski definition) is 0. The van der Waals surface area contributed by atoms with Gasteiger partial charge in [-0.2, -0.15) is 12.1 Å². The molecule has 3 aromatic heterocycles. The number of hydrogen-bond acceptors (Lipinski definition) is 2. The van der Waals surface area contributed by atoms with E-state index >= 15 is 0 Å². The molecule has 2 aliphatic rings. The SMILES string of the molecule is C[n+]1[c-]n2c3c(cccc31)C1(c3ccc(Oc4[c-]c5c(cc4)c4ccccc4n5-c4ccccn4)[c-]c3-2)c2c(cc(C(C)(C)C)cc2C(C)(C)C)-c2cc(C(C)(C)C)cc(C(C)(C)C)c21.[Pt]. The maximum absolute atomic E-state index is 6.90. The largest absolute Gasteiger partial charge is 0.510 e. The zero-order chi connectivity index (χ0) is 45.7. The van der Waals surface area contributed by atoms with Crippen molar-refractivity contribution >= 4 is 32.8 Å². The van der Waals surface area contributed by atoms with Gasteiger partial charge in [0.1, 0.15) is 5.82 Å². The molecule has 0 bridgehead atoms. The van der Waals surface area contributed by atoms with Gasteiger partial charge in [0.2, 0.25) is 6.33 Å². The molecule has 0 atom stereocenters. The Morgan fingerprint density at radius 2 is 1.20 bits per heavy atom. The van der Waals surface area contributed by atoms with Crippen LogP contribution in [0.4, 0.5) is 0 Å². The van der Waals surface area contributed by atoms with Gasteiger partial charge in [0, 0.05) is 49.7 Å². The second-order valence-corrected chi connectivity index (χ2v) is 22.6. The van der Waals surface area contributed by atoms with Crippen LogP contribution in [0.25, 0.3) is 55.5 Å². The van der Waals surface area contributed by atoms with E-state index in [1.807, 2.05) is 30.5 Å². The summed E-state index contributed by atoms with van der Waals surface area (Å²) < 4.78 is 13.5. The average molecular weight is 1050 g/mol. The molecule has 66 heavy (non-hydrogen) atoms. The van der Waals surface area contributed by atoms with Crippen molar-refractivity contribution in [3.63, 3.8) is 0 Å². The first-order chi connectivity index (χ1) is 30.7. The number of nitrogens with zero attached hydrogens (tertiary/aromatic N) is 4. The summed E-state index contributed by atoms with van der Waals surface area (Å²) in [6.45, 7) is 28.4. The molecule has 4 heterocycles. The number of pyridine rings is 1. The van der Waals surface area contributed by atoms with Gasteiger partial charge in [-0.25, -0.2) is 4.98 Å². The molecule has 0 saturated heterocycles. The number of aromatic nitrogens is 4. The Hall–Kier alpha value is -5.77. The minimum absolute atomic E-state index is 0. The Morgan fingerprint density at radius 3 is 1.80 bits per heavy atom. The topological polar surface area (TPSA) is 35.9 Å². The van der Waals surface area contributed by atoms with Crippen LogP contribution in [0.5, 0.6) is 11.5 Å². The normalized spacial score (nSPS) is 14.1. The van der Waals surface area contributed by atoms with Gasteiger partial charge in [-0.15, -0.1) is 35.2 Å². The maximum Gasteiger partial charge on any atom is 0.242 e. The molecule has 336 valence electrons. The Balaban J connectivity index is 0.00000511. The van der Waals surface area contributed by atoms with Gasteiger partial charge in [0.15, 0.2) is 0 Å². The molecule has 6 heteroatoms. The predicted molar refractivity (Wildman–Crippen MR) is 265 cm³/mol. The van der Waals surface area contributed by atoms with Gasteiger partial charge >= 0.3 is 0 Å². The van der Waals surface area contributed by atoms with Crippen LogP contribution in [-0.2, 0) is 55.2 Å². The quantitative estimate of drug-likeness (QED) is 0.131. The first-order valence-corrected chi connectivity index (χ1v) is 23.1. The number of benzene rings is 6. The third-order valence-corrected chi connectivity index (χ3v) is 14.1. The molecule has 1 spiro atoms. The van der Waals surface area contributed by atoms with E-state index in [1.54, 1.807) is 0 Å². The first-order valence-electron chi connectivity index (χ1n) is 23.1. The maximum atomic E-state index is 6.90. The molecule has 5 nitrogen and oxygen atoms in total. The van der Waals surface area contributed by atoms with Crippen LogP contribution < -0.4 is 9.30 Å². The Morgan fingerprint density at radius 1 is 0.591 bits per heavy atom. The molecule has 0 N–H and O–H groups in total. The Labute approximate surface area is 404 Å². The van der Waals surface area contributed by atoms with Crippen LogP contribution in [0.15, 0.2) is 115 Å². The molecule has 1 aliphatic heterocycles. The summed E-state index contributed by atoms with van der Waals surface area (Å²) in [6.07, 6.45) is 5.57. The summed E-state index contributed by atoms with van der Waals surface area (Å²) >= 11 is 0. The number of imidazole rings is 1. The van der Waals surface area contributed by atoms with E-state index in [0.717, 1.165) is 44.3 Å². The molecule has 1 aliphatic carbocycles. The summed E-state index contributed by atoms with van der Waals surface area (Å²) in [4.78, 5) is 4.75. The molecule has 0 saturated carbocycles. The van der Waals surface area contributed by atoms with E-state index in [-0.39, 0.29) is 42.7 Å². The van der Waals surface area contributed by atoms with E-state index in [0.29, 0.717) is 11.5 Å². The standard InChI is InChI=1S/C60H58N4O.Pt/c1-56(2,3)36-29-42-43-30-37(57(4,5)6)32-47(59(10,11)12)54(43)60(53(42)46(31-36)58(7,8)9)44-27-25-39(34-51(44)63-35-62(13)49-22-18-20-45(60)55(49)63)65-38-24-26-41-40-19-14-15-21-48(40)64(50(41)33-38)52-23-16-17-28-61-52;/h14-32H,1-13H3;/q-2;. The van der Waals surface area contributed by atoms with Crippen LogP contribution in [-0.4, -0.2) is 14.1 Å². The fraction of sp³-hybridized carbons (Fsp3) is 0.300. The van der Waals surface area contributed by atoms with Crippen LogP contribution in [0.3, 0.4) is 0 Å². The van der Waals surface area contributed by atoms with E-state index in [2.05, 4.69) is 207 Å². The van der Waals surface area contributed by atoms with Crippen LogP contribution in [0.2, 0.25) is 0 Å². The third-order valence-electron chi connectivity index (χ3n) is 14.1. The number of rotatable bonds is 3. The zero-order valence-corrected chi connectivity index (χ0v) is 42.8. The molecule has 11 rings (SSSR count). The third kappa shape index (κ3) is 6.36. The van der Waals surface area contributed by atoms with Gasteiger partial charge in [0.05, 0.1) is 18.1 Å². The fourth-order valence-corrected chi connectivity index (χ4v) is 10.9. The van der Waals surface area contributed by atoms with Gasteiger partial charge < -0.3 is 18.4 Å². The van der Waals surface area contributed by atoms with Gasteiger partial charge in [-0.05, 0) is 95.3 Å². The van der Waals surface area contributed by atoms with Crippen molar-refractivity contribution < 1.29 is 30.4 Å². The number of ether oxygens (including phenoxy) is 1. The van der Waals surface area contributed by atoms with Crippen molar-refractivity contribution in [3.05, 3.63) is 178 Å². The molecule has 0 radical (unpaired) electrons. The number of aryl methyl sites for hydroxylation is 1. The van der Waals surface area contributed by atoms with E-state index < -0.39 is 5.41 Å². The Bertz CT molecular complexity index is 3370. The smallest absolute Gasteiger partial charge is 0.242 e. The number of fused-ring (bicyclic) bond motifs is 12. The zero-order valence-electron chi connectivity index (χ0n) is 40.5. The van der Waals surface area contributed by atoms with Gasteiger partial charge in [-0.3, -0.25) is 0 Å². The monoisotopic (exact) mass is 1050 g/mol. The van der Waals surface area contributed by atoms with Crippen LogP contribution in [0, 0.1) is 18.5 Å². The fourth-order valence-electron chi connectivity index (χ4n) is 10.9. The van der Waals surface area contributed by atoms with E-state index in [1.165, 1.54) is 55.6 Å². The second kappa shape index (κ2) is 14.6. The summed E-state index contributed by atoms with van der Waals surface area (Å²) in [7, 11) is 2.11. The summed E-state index contributed by atoms with van der Waals surface area (Å²) in [5.74, 6) is 2.06. The predicted octanol–water partition coefficient (Wildman–Crippen LogP) is 14.0. The van der Waals surface area contributed by atoms with E-state index in [9.17, 15) is 0 Å². The van der Waals surface area contributed by atoms with E-state index in [4.69, 9.17) is 9.72 Å². The van der Waals surface area contributed by atoms with Gasteiger partial charge in [0.25, 0.3) is 0 Å². The molecule has 0 amide bonds. The molecule has 9 aromatic rings. The van der Waals surface area contributed by atoms with Crippen molar-refractivity contribution in [1.82, 2.24) is 14.1 Å². The summed E-state index contributed by atoms with van der Waals surface area (Å²) in [5, 5.41) is 2.24. The first kappa shape index (κ1) is 44.1. The average Bonchev–Trinajstić information content (AvgIpc) is 3.87. The van der Waals surface area contributed by atoms with Crippen molar-refractivity contribution in [2.24, 2.45) is 7.05 Å². The van der Waals surface area contributed by atoms with Crippen LogP contribution in [0.1, 0.15) is 128 Å². The molecule has 0 fully saturated rings. The van der Waals surface area contributed by atoms with Crippen LogP contribution >= 0.6 is 0 Å². The molecule has 6 aromatic carbocycles. The Kier molecular flexibility index (Phi) is 9.76. The molecular formula is C60H58N4OPt-2. The molecule has 0 unspecified atom stereocenters. The van der Waals surface area contributed by atoms with Crippen molar-refractivity contribution in [2.45, 2.75) is 110 Å². The van der Waals surface area contributed by atoms with Gasteiger partial charge in [-0.1, -0.05) is 161 Å². The second-order valence-electron chi connectivity index (χ2n) is 22.6. The molecular weight excluding hydrogens is 988 g/mol. The summed E-state index contributed by atoms with van der Waals surface area (Å²) in [6, 6.07) is 47.7. The minimum Gasteiger partial charge on any atom is -0.510 e. The summed E-state index contributed by atoms with van der Waals surface area (Å²) in [5.41, 5.74) is 17.3. The van der Waals surface area contributed by atoms with Crippen molar-refractivity contribution in [3.8, 4) is 34.1 Å². The van der Waals surface area contributed by atoms with Crippen molar-refractivity contribution in [2.75, 3.05) is 0 Å². The van der Waals surface area contributed by atoms with Crippen molar-refractivity contribution in [1.29, 1.82) is 0 Å². The number of para-hydroxylation sites is 2.